The Morgan fingerprint density at radius 3 is 2.61 bits per heavy atom. The number of furan rings is 1. The average molecular weight is 431 g/mol. The summed E-state index contributed by atoms with van der Waals surface area (Å²) in [6, 6.07) is 7.18. The first-order valence-corrected chi connectivity index (χ1v) is 9.78. The molecule has 0 fully saturated rings. The summed E-state index contributed by atoms with van der Waals surface area (Å²) < 4.78 is 5.80. The van der Waals surface area contributed by atoms with E-state index in [0.717, 1.165) is 5.76 Å². The van der Waals surface area contributed by atoms with Crippen molar-refractivity contribution in [3.8, 4) is 34.0 Å². The molecule has 0 amide bonds. The molecule has 5 heterocycles. The van der Waals surface area contributed by atoms with Gasteiger partial charge in [0.15, 0.2) is 16.9 Å². The van der Waals surface area contributed by atoms with Crippen molar-refractivity contribution >= 4 is 22.8 Å². The Morgan fingerprint density at radius 2 is 1.90 bits per heavy atom. The first-order valence-electron chi connectivity index (χ1n) is 9.41. The maximum atomic E-state index is 13.2. The molecular weight excluding hydrogens is 416 g/mol. The molecule has 0 saturated carbocycles. The lowest BCUT2D eigenvalue weighted by atomic mass is 10.1. The third-order valence-electron chi connectivity index (χ3n) is 4.72. The molecule has 5 aromatic rings. The van der Waals surface area contributed by atoms with Crippen LogP contribution in [-0.4, -0.2) is 29.9 Å². The van der Waals surface area contributed by atoms with Gasteiger partial charge >= 0.3 is 0 Å². The van der Waals surface area contributed by atoms with Gasteiger partial charge in [-0.05, 0) is 38.1 Å². The van der Waals surface area contributed by atoms with Crippen LogP contribution < -0.4 is 5.43 Å². The third kappa shape index (κ3) is 3.47. The minimum Gasteiger partial charge on any atom is -0.460 e. The van der Waals surface area contributed by atoms with Gasteiger partial charge in [0.1, 0.15) is 22.3 Å². The standard InChI is InChI=1S/C22H15ClN6O2/c1-11-7-13(8-17(23)27-11)18-19(16-4-3-12(2)31-16)29-22-20(28-18)21(30)14(9-26-22)15-10-24-5-6-25-15/h3-10H,1-2H3,(H,26,29,30). The average Bonchev–Trinajstić information content (AvgIpc) is 3.19. The molecule has 5 aromatic heterocycles. The number of hydrogen-bond donors (Lipinski definition) is 1. The lowest BCUT2D eigenvalue weighted by Crippen LogP contribution is -2.11. The van der Waals surface area contributed by atoms with Crippen LogP contribution >= 0.6 is 11.6 Å². The van der Waals surface area contributed by atoms with E-state index in [4.69, 9.17) is 21.0 Å². The second-order valence-electron chi connectivity index (χ2n) is 6.97. The van der Waals surface area contributed by atoms with Crippen LogP contribution in [0.2, 0.25) is 5.15 Å². The van der Waals surface area contributed by atoms with E-state index in [9.17, 15) is 4.79 Å². The van der Waals surface area contributed by atoms with Gasteiger partial charge in [0.25, 0.3) is 0 Å². The second kappa shape index (κ2) is 7.41. The number of aromatic amines is 1. The van der Waals surface area contributed by atoms with Crippen LogP contribution in [0.4, 0.5) is 0 Å². The van der Waals surface area contributed by atoms with Gasteiger partial charge in [-0.3, -0.25) is 14.8 Å². The van der Waals surface area contributed by atoms with Gasteiger partial charge in [0.05, 0.1) is 17.5 Å². The molecule has 0 aliphatic carbocycles. The SMILES string of the molecule is Cc1cc(-c2nc3c(=O)c(-c4cnccn4)c[nH]c3nc2-c2ccc(C)o2)cc(Cl)n1. The second-order valence-corrected chi connectivity index (χ2v) is 7.36. The van der Waals surface area contributed by atoms with Crippen molar-refractivity contribution < 1.29 is 4.42 Å². The smallest absolute Gasteiger partial charge is 0.218 e. The summed E-state index contributed by atoms with van der Waals surface area (Å²) in [5.41, 5.74) is 3.36. The molecule has 0 spiro atoms. The Morgan fingerprint density at radius 1 is 1.03 bits per heavy atom. The number of hydrogen-bond acceptors (Lipinski definition) is 7. The van der Waals surface area contributed by atoms with Crippen LogP contribution in [0.15, 0.2) is 58.3 Å². The molecule has 31 heavy (non-hydrogen) atoms. The molecule has 5 rings (SSSR count). The van der Waals surface area contributed by atoms with Crippen molar-refractivity contribution in [1.82, 2.24) is 29.9 Å². The third-order valence-corrected chi connectivity index (χ3v) is 4.91. The number of aromatic nitrogens is 6. The molecule has 0 aliphatic heterocycles. The van der Waals surface area contributed by atoms with Crippen molar-refractivity contribution in [2.75, 3.05) is 0 Å². The molecule has 0 bridgehead atoms. The van der Waals surface area contributed by atoms with E-state index in [1.54, 1.807) is 18.5 Å². The Kier molecular flexibility index (Phi) is 4.56. The Hall–Kier alpha value is -3.91. The molecule has 152 valence electrons. The normalized spacial score (nSPS) is 11.2. The van der Waals surface area contributed by atoms with Crippen LogP contribution in [0.3, 0.4) is 0 Å². The van der Waals surface area contributed by atoms with Gasteiger partial charge in [0, 0.05) is 29.8 Å². The number of nitrogens with zero attached hydrogens (tertiary/aromatic N) is 5. The molecule has 0 radical (unpaired) electrons. The zero-order valence-electron chi connectivity index (χ0n) is 16.5. The Balaban J connectivity index is 1.83. The van der Waals surface area contributed by atoms with Crippen molar-refractivity contribution in [3.05, 3.63) is 75.9 Å². The van der Waals surface area contributed by atoms with Crippen molar-refractivity contribution in [2.24, 2.45) is 0 Å². The van der Waals surface area contributed by atoms with E-state index in [1.165, 1.54) is 12.4 Å². The first kappa shape index (κ1) is 19.1. The summed E-state index contributed by atoms with van der Waals surface area (Å²) in [6.07, 6.45) is 6.16. The van der Waals surface area contributed by atoms with Crippen molar-refractivity contribution in [1.29, 1.82) is 0 Å². The van der Waals surface area contributed by atoms with E-state index >= 15 is 0 Å². The molecule has 0 aromatic carbocycles. The van der Waals surface area contributed by atoms with Crippen LogP contribution in [0, 0.1) is 13.8 Å². The van der Waals surface area contributed by atoms with Gasteiger partial charge < -0.3 is 9.40 Å². The molecular formula is C22H15ClN6O2. The minimum absolute atomic E-state index is 0.177. The number of aryl methyl sites for hydroxylation is 2. The first-order chi connectivity index (χ1) is 15.0. The maximum Gasteiger partial charge on any atom is 0.218 e. The van der Waals surface area contributed by atoms with Gasteiger partial charge in [-0.2, -0.15) is 0 Å². The Labute approximate surface area is 181 Å². The van der Waals surface area contributed by atoms with E-state index in [1.807, 2.05) is 32.0 Å². The zero-order chi connectivity index (χ0) is 21.5. The van der Waals surface area contributed by atoms with E-state index in [-0.39, 0.29) is 10.9 Å². The number of pyridine rings is 2. The topological polar surface area (TPSA) is 110 Å². The number of rotatable bonds is 3. The molecule has 9 heteroatoms. The van der Waals surface area contributed by atoms with Gasteiger partial charge in [-0.1, -0.05) is 11.6 Å². The molecule has 0 saturated heterocycles. The van der Waals surface area contributed by atoms with Crippen LogP contribution in [0.5, 0.6) is 0 Å². The van der Waals surface area contributed by atoms with Crippen LogP contribution in [0.1, 0.15) is 11.5 Å². The Bertz CT molecular complexity index is 1470. The van der Waals surface area contributed by atoms with Gasteiger partial charge in [-0.15, -0.1) is 0 Å². The fourth-order valence-electron chi connectivity index (χ4n) is 3.36. The number of H-pyrrole nitrogens is 1. The molecule has 8 nitrogen and oxygen atoms in total. The zero-order valence-corrected chi connectivity index (χ0v) is 17.3. The molecule has 1 N–H and O–H groups in total. The largest absolute Gasteiger partial charge is 0.460 e. The highest BCUT2D eigenvalue weighted by Gasteiger charge is 2.20. The van der Waals surface area contributed by atoms with Gasteiger partial charge in [-0.25, -0.2) is 15.0 Å². The monoisotopic (exact) mass is 430 g/mol. The van der Waals surface area contributed by atoms with Gasteiger partial charge in [0.2, 0.25) is 5.43 Å². The van der Waals surface area contributed by atoms with Crippen LogP contribution in [-0.2, 0) is 0 Å². The van der Waals surface area contributed by atoms with Crippen molar-refractivity contribution in [2.45, 2.75) is 13.8 Å². The fourth-order valence-corrected chi connectivity index (χ4v) is 3.61. The number of halogens is 1. The summed E-state index contributed by atoms with van der Waals surface area (Å²) in [4.78, 5) is 38.1. The predicted octanol–water partition coefficient (Wildman–Crippen LogP) is 4.37. The maximum absolute atomic E-state index is 13.2. The highest BCUT2D eigenvalue weighted by molar-refractivity contribution is 6.29. The summed E-state index contributed by atoms with van der Waals surface area (Å²) in [5.74, 6) is 1.27. The minimum atomic E-state index is -0.304. The molecule has 0 unspecified atom stereocenters. The summed E-state index contributed by atoms with van der Waals surface area (Å²) >= 11 is 6.19. The van der Waals surface area contributed by atoms with E-state index < -0.39 is 0 Å². The lowest BCUT2D eigenvalue weighted by molar-refractivity contribution is 0.546. The lowest BCUT2D eigenvalue weighted by Gasteiger charge is -2.10. The summed E-state index contributed by atoms with van der Waals surface area (Å²) in [7, 11) is 0. The highest BCUT2D eigenvalue weighted by atomic mass is 35.5. The van der Waals surface area contributed by atoms with E-state index in [2.05, 4.69) is 24.9 Å². The molecule has 0 aliphatic rings. The number of fused-ring (bicyclic) bond motifs is 1. The fraction of sp³-hybridized carbons (Fsp3) is 0.0909. The predicted molar refractivity (Wildman–Crippen MR) is 117 cm³/mol. The molecule has 0 atom stereocenters. The summed E-state index contributed by atoms with van der Waals surface area (Å²) in [6.45, 7) is 3.68. The summed E-state index contributed by atoms with van der Waals surface area (Å²) in [5, 5.41) is 0.320. The highest BCUT2D eigenvalue weighted by Crippen LogP contribution is 2.32. The van der Waals surface area contributed by atoms with Crippen molar-refractivity contribution in [3.63, 3.8) is 0 Å². The number of nitrogens with one attached hydrogen (secondary N) is 1. The van der Waals surface area contributed by atoms with Crippen LogP contribution in [0.25, 0.3) is 45.1 Å². The quantitative estimate of drug-likeness (QED) is 0.423. The van der Waals surface area contributed by atoms with E-state index in [0.29, 0.717) is 50.5 Å².